The summed E-state index contributed by atoms with van der Waals surface area (Å²) in [6.45, 7) is 1.99. The zero-order valence-electron chi connectivity index (χ0n) is 16.4. The van der Waals surface area contributed by atoms with E-state index >= 15 is 0 Å². The first kappa shape index (κ1) is 19.4. The van der Waals surface area contributed by atoms with Gasteiger partial charge in [0.05, 0.1) is 5.92 Å². The van der Waals surface area contributed by atoms with Crippen LogP contribution in [0.4, 0.5) is 0 Å². The summed E-state index contributed by atoms with van der Waals surface area (Å²) in [6, 6.07) is 29.3. The van der Waals surface area contributed by atoms with E-state index in [1.165, 1.54) is 0 Å². The number of amides is 1. The van der Waals surface area contributed by atoms with Gasteiger partial charge in [0.15, 0.2) is 5.79 Å². The van der Waals surface area contributed by atoms with Crippen molar-refractivity contribution in [3.05, 3.63) is 108 Å². The Morgan fingerprint density at radius 2 is 1.41 bits per heavy atom. The van der Waals surface area contributed by atoms with E-state index < -0.39 is 17.3 Å². The predicted molar refractivity (Wildman–Crippen MR) is 112 cm³/mol. The molecular formula is C25H25NO3. The number of benzene rings is 3. The topological polar surface area (TPSA) is 58.6 Å². The fourth-order valence-corrected chi connectivity index (χ4v) is 4.12. The van der Waals surface area contributed by atoms with E-state index in [4.69, 9.17) is 4.74 Å². The summed E-state index contributed by atoms with van der Waals surface area (Å²) in [4.78, 5) is 13.0. The summed E-state index contributed by atoms with van der Waals surface area (Å²) >= 11 is 0. The maximum atomic E-state index is 13.0. The molecule has 0 radical (unpaired) electrons. The van der Waals surface area contributed by atoms with E-state index in [0.29, 0.717) is 13.0 Å². The zero-order chi connectivity index (χ0) is 20.3. The minimum Gasteiger partial charge on any atom is -0.365 e. The molecule has 0 saturated carbocycles. The van der Waals surface area contributed by atoms with Crippen LogP contribution in [0.2, 0.25) is 0 Å². The second-order valence-corrected chi connectivity index (χ2v) is 7.68. The van der Waals surface area contributed by atoms with Gasteiger partial charge in [-0.25, -0.2) is 0 Å². The van der Waals surface area contributed by atoms with Crippen LogP contribution in [0.1, 0.15) is 30.0 Å². The SMILES string of the molecule is CC1(O)OC(c2ccccc2)(c2ccccc2)CC1C(=O)NCc1ccccc1. The Bertz CT molecular complexity index is 916. The molecule has 4 nitrogen and oxygen atoms in total. The van der Waals surface area contributed by atoms with Crippen LogP contribution in [-0.2, 0) is 21.7 Å². The lowest BCUT2D eigenvalue weighted by atomic mass is 9.80. The Kier molecular flexibility index (Phi) is 5.22. The smallest absolute Gasteiger partial charge is 0.228 e. The molecule has 3 aromatic rings. The van der Waals surface area contributed by atoms with Crippen molar-refractivity contribution in [3.8, 4) is 0 Å². The van der Waals surface area contributed by atoms with Gasteiger partial charge in [0.25, 0.3) is 0 Å². The van der Waals surface area contributed by atoms with Crippen molar-refractivity contribution in [2.75, 3.05) is 0 Å². The van der Waals surface area contributed by atoms with E-state index in [2.05, 4.69) is 5.32 Å². The summed E-state index contributed by atoms with van der Waals surface area (Å²) in [7, 11) is 0. The normalized spacial score (nSPS) is 22.9. The minimum absolute atomic E-state index is 0.215. The highest BCUT2D eigenvalue weighted by molar-refractivity contribution is 5.80. The third-order valence-electron chi connectivity index (χ3n) is 5.63. The van der Waals surface area contributed by atoms with Gasteiger partial charge in [-0.2, -0.15) is 0 Å². The Labute approximate surface area is 171 Å². The fourth-order valence-electron chi connectivity index (χ4n) is 4.12. The van der Waals surface area contributed by atoms with Crippen LogP contribution in [-0.4, -0.2) is 16.8 Å². The van der Waals surface area contributed by atoms with Gasteiger partial charge in [-0.15, -0.1) is 0 Å². The number of nitrogens with one attached hydrogen (secondary N) is 1. The molecule has 3 aromatic carbocycles. The van der Waals surface area contributed by atoms with Crippen molar-refractivity contribution >= 4 is 5.91 Å². The molecular weight excluding hydrogens is 362 g/mol. The monoisotopic (exact) mass is 387 g/mol. The zero-order valence-corrected chi connectivity index (χ0v) is 16.4. The second kappa shape index (κ2) is 7.82. The van der Waals surface area contributed by atoms with E-state index in [9.17, 15) is 9.90 Å². The van der Waals surface area contributed by atoms with Gasteiger partial charge in [0, 0.05) is 13.0 Å². The molecule has 29 heavy (non-hydrogen) atoms. The number of carbonyl (C=O) groups is 1. The molecule has 1 aliphatic rings. The summed E-state index contributed by atoms with van der Waals surface area (Å²) in [5.41, 5.74) is 1.97. The third-order valence-corrected chi connectivity index (χ3v) is 5.63. The molecule has 0 bridgehead atoms. The number of rotatable bonds is 5. The standard InChI is InChI=1S/C25H25NO3/c1-24(28)22(23(27)26-18-19-11-5-2-6-12-19)17-25(29-24,20-13-7-3-8-14-20)21-15-9-4-10-16-21/h2-16,22,28H,17-18H2,1H3,(H,26,27). The predicted octanol–water partition coefficient (Wildman–Crippen LogP) is 3.99. The van der Waals surface area contributed by atoms with Crippen LogP contribution in [0, 0.1) is 5.92 Å². The first-order valence-corrected chi connectivity index (χ1v) is 9.86. The Morgan fingerprint density at radius 3 is 1.93 bits per heavy atom. The van der Waals surface area contributed by atoms with Gasteiger partial charge >= 0.3 is 0 Å². The van der Waals surface area contributed by atoms with Gasteiger partial charge in [-0.3, -0.25) is 4.79 Å². The number of hydrogen-bond acceptors (Lipinski definition) is 3. The molecule has 2 unspecified atom stereocenters. The molecule has 148 valence electrons. The molecule has 4 rings (SSSR count). The summed E-state index contributed by atoms with van der Waals surface area (Å²) in [6.07, 6.45) is 0.356. The van der Waals surface area contributed by atoms with Crippen molar-refractivity contribution in [1.29, 1.82) is 0 Å². The minimum atomic E-state index is -1.59. The van der Waals surface area contributed by atoms with Gasteiger partial charge in [0.2, 0.25) is 5.91 Å². The van der Waals surface area contributed by atoms with E-state index in [1.807, 2.05) is 91.0 Å². The lowest BCUT2D eigenvalue weighted by molar-refractivity contribution is -0.219. The average Bonchev–Trinajstić information content (AvgIpc) is 3.06. The van der Waals surface area contributed by atoms with Crippen molar-refractivity contribution in [2.24, 2.45) is 5.92 Å². The Balaban J connectivity index is 1.64. The van der Waals surface area contributed by atoms with Crippen LogP contribution in [0.25, 0.3) is 0 Å². The molecule has 1 saturated heterocycles. The van der Waals surface area contributed by atoms with E-state index in [1.54, 1.807) is 6.92 Å². The fraction of sp³-hybridized carbons (Fsp3) is 0.240. The molecule has 0 aromatic heterocycles. The Morgan fingerprint density at radius 1 is 0.931 bits per heavy atom. The number of ether oxygens (including phenoxy) is 1. The quantitative estimate of drug-likeness (QED) is 0.696. The first-order valence-electron chi connectivity index (χ1n) is 9.86. The van der Waals surface area contributed by atoms with E-state index in [0.717, 1.165) is 16.7 Å². The average molecular weight is 387 g/mol. The van der Waals surface area contributed by atoms with Gasteiger partial charge < -0.3 is 15.2 Å². The van der Waals surface area contributed by atoms with E-state index in [-0.39, 0.29) is 5.91 Å². The number of carbonyl (C=O) groups excluding carboxylic acids is 1. The van der Waals surface area contributed by atoms with Crippen molar-refractivity contribution in [2.45, 2.75) is 31.3 Å². The van der Waals surface area contributed by atoms with Crippen molar-refractivity contribution in [1.82, 2.24) is 5.32 Å². The lowest BCUT2D eigenvalue weighted by Gasteiger charge is -2.32. The van der Waals surface area contributed by atoms with Gasteiger partial charge in [0.1, 0.15) is 5.60 Å². The van der Waals surface area contributed by atoms with Gasteiger partial charge in [-0.1, -0.05) is 91.0 Å². The first-order chi connectivity index (χ1) is 14.0. The lowest BCUT2D eigenvalue weighted by Crippen LogP contribution is -2.42. The maximum absolute atomic E-state index is 13.0. The van der Waals surface area contributed by atoms with Gasteiger partial charge in [-0.05, 0) is 23.6 Å². The maximum Gasteiger partial charge on any atom is 0.228 e. The second-order valence-electron chi connectivity index (χ2n) is 7.68. The third kappa shape index (κ3) is 3.82. The Hall–Kier alpha value is -2.95. The molecule has 0 spiro atoms. The molecule has 2 N–H and O–H groups in total. The summed E-state index contributed by atoms with van der Waals surface area (Å²) in [5.74, 6) is -2.51. The van der Waals surface area contributed by atoms with Crippen LogP contribution in [0.3, 0.4) is 0 Å². The van der Waals surface area contributed by atoms with Crippen LogP contribution >= 0.6 is 0 Å². The van der Waals surface area contributed by atoms with Crippen molar-refractivity contribution < 1.29 is 14.6 Å². The number of hydrogen-bond donors (Lipinski definition) is 2. The number of aliphatic hydroxyl groups is 1. The van der Waals surface area contributed by atoms with Crippen LogP contribution in [0.5, 0.6) is 0 Å². The molecule has 1 aliphatic heterocycles. The molecule has 0 aliphatic carbocycles. The highest BCUT2D eigenvalue weighted by atomic mass is 16.6. The molecule has 1 heterocycles. The molecule has 4 heteroatoms. The van der Waals surface area contributed by atoms with Crippen LogP contribution < -0.4 is 5.32 Å². The summed E-state index contributed by atoms with van der Waals surface area (Å²) < 4.78 is 6.29. The molecule has 2 atom stereocenters. The largest absolute Gasteiger partial charge is 0.365 e. The summed E-state index contributed by atoms with van der Waals surface area (Å²) in [5, 5.41) is 14.1. The highest BCUT2D eigenvalue weighted by Crippen LogP contribution is 2.51. The molecule has 1 fully saturated rings. The van der Waals surface area contributed by atoms with Crippen LogP contribution in [0.15, 0.2) is 91.0 Å². The molecule has 1 amide bonds. The van der Waals surface area contributed by atoms with Crippen molar-refractivity contribution in [3.63, 3.8) is 0 Å². The highest BCUT2D eigenvalue weighted by Gasteiger charge is 2.57.